The van der Waals surface area contributed by atoms with Gasteiger partial charge in [-0.15, -0.1) is 0 Å². The molecule has 0 saturated carbocycles. The van der Waals surface area contributed by atoms with E-state index in [4.69, 9.17) is 5.73 Å². The Morgan fingerprint density at radius 3 is 2.55 bits per heavy atom. The van der Waals surface area contributed by atoms with Crippen LogP contribution in [0.4, 0.5) is 25.8 Å². The molecule has 0 saturated heterocycles. The van der Waals surface area contributed by atoms with E-state index < -0.39 is 29.2 Å². The van der Waals surface area contributed by atoms with Crippen molar-refractivity contribution in [1.82, 2.24) is 9.88 Å². The van der Waals surface area contributed by atoms with Crippen LogP contribution in [0.5, 0.6) is 0 Å². The summed E-state index contributed by atoms with van der Waals surface area (Å²) in [4.78, 5) is 40.4. The van der Waals surface area contributed by atoms with Crippen molar-refractivity contribution >= 4 is 28.9 Å². The molecule has 3 aromatic carbocycles. The fraction of sp³-hybridized carbons (Fsp3) is 0.219. The summed E-state index contributed by atoms with van der Waals surface area (Å²) in [6.07, 6.45) is 0.616. The molecule has 0 spiro atoms. The van der Waals surface area contributed by atoms with E-state index in [2.05, 4.69) is 10.6 Å². The third-order valence-electron chi connectivity index (χ3n) is 7.67. The number of carbonyl (C=O) groups excluding carboxylic acids is 2. The normalized spacial score (nSPS) is 13.1. The molecule has 4 N–H and O–H groups in total. The number of nitrogens with zero attached hydrogens (tertiary/aromatic N) is 2. The van der Waals surface area contributed by atoms with Crippen LogP contribution in [0.2, 0.25) is 0 Å². The van der Waals surface area contributed by atoms with Crippen molar-refractivity contribution in [3.63, 3.8) is 0 Å². The number of fused-ring (bicyclic) bond motifs is 1. The smallest absolute Gasteiger partial charge is 0.275 e. The Hall–Kier alpha value is -4.83. The summed E-state index contributed by atoms with van der Waals surface area (Å²) in [6, 6.07) is 16.8. The third-order valence-corrected chi connectivity index (χ3v) is 7.67. The number of nitrogens with one attached hydrogen (secondary N) is 2. The Balaban J connectivity index is 1.61. The number of carbonyl (C=O) groups is 2. The number of hydrogen-bond acceptors (Lipinski definition) is 5. The number of hydrogen-bond donors (Lipinski definition) is 3. The quantitative estimate of drug-likeness (QED) is 0.289. The number of amides is 2. The van der Waals surface area contributed by atoms with Crippen LogP contribution in [-0.2, 0) is 17.8 Å². The number of anilines is 3. The van der Waals surface area contributed by atoms with E-state index in [0.29, 0.717) is 46.6 Å². The molecule has 0 aliphatic carbocycles. The van der Waals surface area contributed by atoms with Gasteiger partial charge < -0.3 is 25.8 Å². The summed E-state index contributed by atoms with van der Waals surface area (Å²) in [5, 5.41) is 5.51. The maximum absolute atomic E-state index is 15.0. The highest BCUT2D eigenvalue weighted by Crippen LogP contribution is 2.36. The number of primary amides is 1. The van der Waals surface area contributed by atoms with Gasteiger partial charge in [0.15, 0.2) is 0 Å². The lowest BCUT2D eigenvalue weighted by Gasteiger charge is -2.22. The number of halogens is 2. The Morgan fingerprint density at radius 1 is 1.02 bits per heavy atom. The Morgan fingerprint density at radius 2 is 1.81 bits per heavy atom. The Bertz CT molecular complexity index is 1770. The molecular formula is C32H31F2N5O3. The summed E-state index contributed by atoms with van der Waals surface area (Å²) in [5.74, 6) is -1.81. The van der Waals surface area contributed by atoms with Gasteiger partial charge in [0.1, 0.15) is 17.3 Å². The first-order valence-electron chi connectivity index (χ1n) is 13.5. The predicted molar refractivity (Wildman–Crippen MR) is 159 cm³/mol. The van der Waals surface area contributed by atoms with Gasteiger partial charge in [-0.25, -0.2) is 8.78 Å². The second-order valence-electron chi connectivity index (χ2n) is 10.4. The first kappa shape index (κ1) is 28.7. The zero-order valence-corrected chi connectivity index (χ0v) is 23.5. The van der Waals surface area contributed by atoms with Gasteiger partial charge >= 0.3 is 0 Å². The molecular weight excluding hydrogens is 540 g/mol. The Labute approximate surface area is 241 Å². The van der Waals surface area contributed by atoms with E-state index in [1.807, 2.05) is 4.90 Å². The molecule has 0 bridgehead atoms. The largest absolute Gasteiger partial charge is 0.366 e. The summed E-state index contributed by atoms with van der Waals surface area (Å²) in [6.45, 7) is 3.92. The van der Waals surface area contributed by atoms with E-state index in [1.54, 1.807) is 57.3 Å². The van der Waals surface area contributed by atoms with E-state index in [0.717, 1.165) is 11.3 Å². The van der Waals surface area contributed by atoms with Gasteiger partial charge in [-0.3, -0.25) is 14.4 Å². The monoisotopic (exact) mass is 571 g/mol. The summed E-state index contributed by atoms with van der Waals surface area (Å²) >= 11 is 0. The lowest BCUT2D eigenvalue weighted by molar-refractivity contribution is -0.117. The van der Waals surface area contributed by atoms with Crippen LogP contribution in [0.15, 0.2) is 71.5 Å². The van der Waals surface area contributed by atoms with Crippen molar-refractivity contribution in [1.29, 1.82) is 0 Å². The van der Waals surface area contributed by atoms with Crippen molar-refractivity contribution in [2.45, 2.75) is 32.9 Å². The van der Waals surface area contributed by atoms with Crippen molar-refractivity contribution < 1.29 is 18.4 Å². The molecule has 2 heterocycles. The number of pyridine rings is 1. The first-order valence-corrected chi connectivity index (χ1v) is 13.5. The third kappa shape index (κ3) is 5.53. The van der Waals surface area contributed by atoms with Crippen LogP contribution in [0.1, 0.15) is 34.0 Å². The Kier molecular flexibility index (Phi) is 7.91. The van der Waals surface area contributed by atoms with Crippen LogP contribution in [0, 0.1) is 18.6 Å². The molecule has 5 rings (SSSR count). The van der Waals surface area contributed by atoms with Gasteiger partial charge in [-0.1, -0.05) is 12.1 Å². The highest BCUT2D eigenvalue weighted by molar-refractivity contribution is 5.96. The highest BCUT2D eigenvalue weighted by Gasteiger charge is 2.23. The molecule has 4 aromatic rings. The predicted octanol–water partition coefficient (Wildman–Crippen LogP) is 4.49. The van der Waals surface area contributed by atoms with Crippen molar-refractivity contribution in [2.24, 2.45) is 5.73 Å². The van der Waals surface area contributed by atoms with Crippen molar-refractivity contribution in [2.75, 3.05) is 23.8 Å². The number of nitrogens with two attached hydrogens (primary N) is 1. The van der Waals surface area contributed by atoms with E-state index in [9.17, 15) is 18.8 Å². The molecule has 1 atom stereocenters. The number of benzene rings is 3. The lowest BCUT2D eigenvalue weighted by atomic mass is 9.98. The second kappa shape index (κ2) is 11.6. The zero-order chi connectivity index (χ0) is 30.1. The van der Waals surface area contributed by atoms with Gasteiger partial charge in [0, 0.05) is 29.0 Å². The van der Waals surface area contributed by atoms with Crippen LogP contribution in [-0.4, -0.2) is 36.0 Å². The molecule has 1 aliphatic heterocycles. The van der Waals surface area contributed by atoms with Crippen LogP contribution < -0.4 is 26.8 Å². The average molecular weight is 572 g/mol. The molecule has 0 radical (unpaired) electrons. The van der Waals surface area contributed by atoms with Gasteiger partial charge in [0.25, 0.3) is 5.56 Å². The molecule has 1 aliphatic rings. The highest BCUT2D eigenvalue weighted by atomic mass is 19.1. The maximum atomic E-state index is 15.0. The van der Waals surface area contributed by atoms with Gasteiger partial charge in [0.2, 0.25) is 11.8 Å². The SMILES string of the molecule is CN[C@@H](C)C(=O)Nc1ccc(-c2cccc(C(N)=O)c2C)n(Cc2cc(F)cc(N3CCc4cc(F)ccc43)c2)c1=O. The van der Waals surface area contributed by atoms with Gasteiger partial charge in [-0.05, 0) is 98.6 Å². The van der Waals surface area contributed by atoms with Gasteiger partial charge in [0.05, 0.1) is 18.3 Å². The summed E-state index contributed by atoms with van der Waals surface area (Å²) in [5.41, 5.74) is 9.80. The second-order valence-corrected chi connectivity index (χ2v) is 10.4. The minimum Gasteiger partial charge on any atom is -0.366 e. The molecule has 1 aromatic heterocycles. The minimum atomic E-state index is -0.603. The fourth-order valence-electron chi connectivity index (χ4n) is 5.32. The standard InChI is InChI=1S/C32H31F2N5O3/c1-18-25(5-4-6-26(18)30(35)40)29-10-8-27(37-31(41)19(2)36-3)32(42)39(29)17-20-13-23(34)16-24(14-20)38-12-11-21-15-22(33)7-9-28(21)38/h4-10,13-16,19,36H,11-12,17H2,1-3H3,(H2,35,40)(H,37,41)/t19-/m0/s1. The van der Waals surface area contributed by atoms with Crippen LogP contribution in [0.25, 0.3) is 11.3 Å². The number of aromatic nitrogens is 1. The molecule has 0 unspecified atom stereocenters. The van der Waals surface area contributed by atoms with Gasteiger partial charge in [-0.2, -0.15) is 0 Å². The van der Waals surface area contributed by atoms with E-state index >= 15 is 4.39 Å². The topological polar surface area (TPSA) is 109 Å². The molecule has 0 fully saturated rings. The molecule has 10 heteroatoms. The molecule has 216 valence electrons. The number of rotatable bonds is 8. The minimum absolute atomic E-state index is 0.0332. The van der Waals surface area contributed by atoms with E-state index in [1.165, 1.54) is 34.9 Å². The molecule has 42 heavy (non-hydrogen) atoms. The number of likely N-dealkylation sites (N-methyl/N-ethyl adjacent to an activating group) is 1. The van der Waals surface area contributed by atoms with E-state index in [-0.39, 0.29) is 18.0 Å². The maximum Gasteiger partial charge on any atom is 0.275 e. The lowest BCUT2D eigenvalue weighted by Crippen LogP contribution is -2.37. The summed E-state index contributed by atoms with van der Waals surface area (Å²) < 4.78 is 30.3. The first-order chi connectivity index (χ1) is 20.1. The van der Waals surface area contributed by atoms with Crippen LogP contribution >= 0.6 is 0 Å². The molecule has 2 amide bonds. The zero-order valence-electron chi connectivity index (χ0n) is 23.5. The summed E-state index contributed by atoms with van der Waals surface area (Å²) in [7, 11) is 1.64. The fourth-order valence-corrected chi connectivity index (χ4v) is 5.32. The van der Waals surface area contributed by atoms with Crippen molar-refractivity contribution in [3.05, 3.63) is 111 Å². The molecule has 8 nitrogen and oxygen atoms in total. The average Bonchev–Trinajstić information content (AvgIpc) is 3.37. The van der Waals surface area contributed by atoms with Crippen molar-refractivity contribution in [3.8, 4) is 11.3 Å². The van der Waals surface area contributed by atoms with Crippen LogP contribution in [0.3, 0.4) is 0 Å².